The van der Waals surface area contributed by atoms with Crippen molar-refractivity contribution in [3.05, 3.63) is 83.9 Å². The van der Waals surface area contributed by atoms with E-state index in [1.165, 1.54) is 0 Å². The van der Waals surface area contributed by atoms with Crippen LogP contribution in [0.25, 0.3) is 0 Å². The first-order valence-corrected chi connectivity index (χ1v) is 7.39. The summed E-state index contributed by atoms with van der Waals surface area (Å²) in [5, 5.41) is 9.35. The van der Waals surface area contributed by atoms with Gasteiger partial charge in [-0.2, -0.15) is 0 Å². The van der Waals surface area contributed by atoms with E-state index in [-0.39, 0.29) is 6.04 Å². The first-order valence-electron chi connectivity index (χ1n) is 7.39. The number of hydrogen-bond donors (Lipinski definition) is 2. The lowest BCUT2D eigenvalue weighted by Crippen LogP contribution is -2.21. The van der Waals surface area contributed by atoms with Crippen LogP contribution in [0.5, 0.6) is 0 Å². The van der Waals surface area contributed by atoms with E-state index < -0.39 is 11.9 Å². The second-order valence-corrected chi connectivity index (χ2v) is 5.37. The summed E-state index contributed by atoms with van der Waals surface area (Å²) in [4.78, 5) is 11.4. The van der Waals surface area contributed by atoms with Gasteiger partial charge in [0.05, 0.1) is 5.92 Å². The van der Waals surface area contributed by atoms with E-state index in [2.05, 4.69) is 0 Å². The fraction of sp³-hybridized carbons (Fsp3) is 0.211. The Balaban J connectivity index is 1.96. The number of benzene rings is 2. The summed E-state index contributed by atoms with van der Waals surface area (Å²) in [5.41, 5.74) is 8.23. The van der Waals surface area contributed by atoms with Gasteiger partial charge in [0, 0.05) is 6.04 Å². The number of aliphatic carboxylic acids is 1. The predicted molar refractivity (Wildman–Crippen MR) is 88.5 cm³/mol. The second kappa shape index (κ2) is 8.15. The van der Waals surface area contributed by atoms with Crippen molar-refractivity contribution in [2.75, 3.05) is 0 Å². The lowest BCUT2D eigenvalue weighted by atomic mass is 9.97. The summed E-state index contributed by atoms with van der Waals surface area (Å²) >= 11 is 0. The number of carboxylic acid groups (broad SMARTS) is 1. The van der Waals surface area contributed by atoms with Gasteiger partial charge in [-0.25, -0.2) is 0 Å². The Morgan fingerprint density at radius 2 is 1.41 bits per heavy atom. The summed E-state index contributed by atoms with van der Waals surface area (Å²) in [6, 6.07) is 19.4. The molecule has 0 amide bonds. The van der Waals surface area contributed by atoms with Crippen molar-refractivity contribution in [2.45, 2.75) is 18.9 Å². The highest BCUT2D eigenvalue weighted by Gasteiger charge is 2.14. The highest BCUT2D eigenvalue weighted by Crippen LogP contribution is 2.11. The Kier molecular flexibility index (Phi) is 5.92. The van der Waals surface area contributed by atoms with E-state index in [1.54, 1.807) is 12.2 Å². The second-order valence-electron chi connectivity index (χ2n) is 5.37. The molecule has 0 aliphatic heterocycles. The van der Waals surface area contributed by atoms with Crippen molar-refractivity contribution < 1.29 is 9.90 Å². The molecule has 2 rings (SSSR count). The smallest absolute Gasteiger partial charge is 0.310 e. The topological polar surface area (TPSA) is 63.3 Å². The van der Waals surface area contributed by atoms with E-state index in [9.17, 15) is 9.90 Å². The quantitative estimate of drug-likeness (QED) is 0.772. The molecule has 0 aliphatic rings. The van der Waals surface area contributed by atoms with Crippen molar-refractivity contribution in [1.82, 2.24) is 0 Å². The van der Waals surface area contributed by atoms with E-state index in [1.807, 2.05) is 60.7 Å². The van der Waals surface area contributed by atoms with E-state index >= 15 is 0 Å². The third-order valence-corrected chi connectivity index (χ3v) is 3.52. The van der Waals surface area contributed by atoms with Gasteiger partial charge in [-0.15, -0.1) is 0 Å². The fourth-order valence-electron chi connectivity index (χ4n) is 2.34. The normalized spacial score (nSPS) is 13.9. The largest absolute Gasteiger partial charge is 0.481 e. The van der Waals surface area contributed by atoms with Gasteiger partial charge in [-0.1, -0.05) is 72.8 Å². The van der Waals surface area contributed by atoms with E-state index in [0.29, 0.717) is 12.8 Å². The van der Waals surface area contributed by atoms with Crippen LogP contribution in [-0.2, 0) is 17.6 Å². The summed E-state index contributed by atoms with van der Waals surface area (Å²) in [6.45, 7) is 0. The monoisotopic (exact) mass is 295 g/mol. The van der Waals surface area contributed by atoms with E-state index in [0.717, 1.165) is 11.1 Å². The Labute approximate surface area is 131 Å². The van der Waals surface area contributed by atoms with E-state index in [4.69, 9.17) is 5.73 Å². The molecule has 3 N–H and O–H groups in total. The Hall–Kier alpha value is -2.39. The van der Waals surface area contributed by atoms with Gasteiger partial charge < -0.3 is 10.8 Å². The number of rotatable bonds is 7. The maximum absolute atomic E-state index is 11.4. The van der Waals surface area contributed by atoms with Crippen molar-refractivity contribution in [1.29, 1.82) is 0 Å². The molecule has 3 nitrogen and oxygen atoms in total. The SMILES string of the molecule is N[C@@H](/C=C\[C@@H](Cc1ccccc1)C(=O)O)Cc1ccccc1. The molecule has 0 saturated heterocycles. The molecule has 3 heteroatoms. The zero-order valence-electron chi connectivity index (χ0n) is 12.4. The molecule has 0 radical (unpaired) electrons. The lowest BCUT2D eigenvalue weighted by Gasteiger charge is -2.10. The lowest BCUT2D eigenvalue weighted by molar-refractivity contribution is -0.140. The van der Waals surface area contributed by atoms with Crippen LogP contribution >= 0.6 is 0 Å². The molecule has 22 heavy (non-hydrogen) atoms. The minimum atomic E-state index is -0.827. The highest BCUT2D eigenvalue weighted by atomic mass is 16.4. The van der Waals surface area contributed by atoms with Gasteiger partial charge in [-0.3, -0.25) is 4.79 Å². The van der Waals surface area contributed by atoms with Crippen LogP contribution in [-0.4, -0.2) is 17.1 Å². The van der Waals surface area contributed by atoms with Gasteiger partial charge in [0.25, 0.3) is 0 Å². The zero-order chi connectivity index (χ0) is 15.8. The molecule has 114 valence electrons. The molecule has 0 aromatic heterocycles. The van der Waals surface area contributed by atoms with Crippen LogP contribution in [0.1, 0.15) is 11.1 Å². The van der Waals surface area contributed by atoms with Crippen molar-refractivity contribution in [3.8, 4) is 0 Å². The van der Waals surface area contributed by atoms with Gasteiger partial charge >= 0.3 is 5.97 Å². The van der Waals surface area contributed by atoms with Gasteiger partial charge in [0.1, 0.15) is 0 Å². The number of nitrogens with two attached hydrogens (primary N) is 1. The minimum absolute atomic E-state index is 0.181. The average Bonchev–Trinajstić information content (AvgIpc) is 2.53. The molecule has 0 unspecified atom stereocenters. The third-order valence-electron chi connectivity index (χ3n) is 3.52. The van der Waals surface area contributed by atoms with Crippen molar-refractivity contribution in [2.24, 2.45) is 11.7 Å². The number of carbonyl (C=O) groups is 1. The Morgan fingerprint density at radius 3 is 1.91 bits per heavy atom. The summed E-state index contributed by atoms with van der Waals surface area (Å²) in [7, 11) is 0. The van der Waals surface area contributed by atoms with Crippen LogP contribution in [0.4, 0.5) is 0 Å². The van der Waals surface area contributed by atoms with Gasteiger partial charge in [0.15, 0.2) is 0 Å². The maximum atomic E-state index is 11.4. The third kappa shape index (κ3) is 5.19. The molecule has 0 fully saturated rings. The van der Waals surface area contributed by atoms with Crippen molar-refractivity contribution in [3.63, 3.8) is 0 Å². The van der Waals surface area contributed by atoms with Crippen LogP contribution in [0.3, 0.4) is 0 Å². The molecule has 0 saturated carbocycles. The minimum Gasteiger partial charge on any atom is -0.481 e. The van der Waals surface area contributed by atoms with Crippen molar-refractivity contribution >= 4 is 5.97 Å². The molecular formula is C19H21NO2. The maximum Gasteiger partial charge on any atom is 0.310 e. The van der Waals surface area contributed by atoms with Gasteiger partial charge in [0.2, 0.25) is 0 Å². The van der Waals surface area contributed by atoms with Crippen LogP contribution < -0.4 is 5.73 Å². The Morgan fingerprint density at radius 1 is 0.909 bits per heavy atom. The highest BCUT2D eigenvalue weighted by molar-refractivity contribution is 5.72. The van der Waals surface area contributed by atoms with Gasteiger partial charge in [-0.05, 0) is 24.0 Å². The molecule has 2 aromatic carbocycles. The molecule has 0 aliphatic carbocycles. The average molecular weight is 295 g/mol. The van der Waals surface area contributed by atoms with Crippen LogP contribution in [0.15, 0.2) is 72.8 Å². The standard InChI is InChI=1S/C19H21NO2/c20-18(14-16-9-5-2-6-10-16)12-11-17(19(21)22)13-15-7-3-1-4-8-15/h1-12,17-18H,13-14,20H2,(H,21,22)/b12-11-/t17-,18-/m0/s1. The first kappa shape index (κ1) is 16.0. The predicted octanol–water partition coefficient (Wildman–Crippen LogP) is 3.06. The van der Waals surface area contributed by atoms with Crippen LogP contribution in [0.2, 0.25) is 0 Å². The first-order chi connectivity index (χ1) is 10.6. The summed E-state index contributed by atoms with van der Waals surface area (Å²) in [6.07, 6.45) is 4.69. The summed E-state index contributed by atoms with van der Waals surface area (Å²) < 4.78 is 0. The fourth-order valence-corrected chi connectivity index (χ4v) is 2.34. The molecule has 2 atom stereocenters. The number of carboxylic acids is 1. The molecular weight excluding hydrogens is 274 g/mol. The molecule has 2 aromatic rings. The number of hydrogen-bond acceptors (Lipinski definition) is 2. The molecule has 0 spiro atoms. The van der Waals surface area contributed by atoms with Crippen LogP contribution in [0, 0.1) is 5.92 Å². The Bertz CT molecular complexity index is 608. The molecule has 0 heterocycles. The molecule has 0 bridgehead atoms. The zero-order valence-corrected chi connectivity index (χ0v) is 12.4. The summed E-state index contributed by atoms with van der Waals surface area (Å²) in [5.74, 6) is -1.38.